The van der Waals surface area contributed by atoms with Gasteiger partial charge in [-0.3, -0.25) is 10.1 Å². The van der Waals surface area contributed by atoms with Gasteiger partial charge in [-0.2, -0.15) is 0 Å². The van der Waals surface area contributed by atoms with E-state index in [1.807, 2.05) is 0 Å². The molecule has 1 N–H and O–H groups in total. The number of nitrogens with zero attached hydrogens (tertiary/aromatic N) is 1. The third-order valence-electron chi connectivity index (χ3n) is 4.80. The second-order valence-electron chi connectivity index (χ2n) is 6.46. The van der Waals surface area contributed by atoms with E-state index in [0.717, 1.165) is 25.5 Å². The Hall–Kier alpha value is -1.69. The average Bonchev–Trinajstić information content (AvgIpc) is 2.46. The van der Waals surface area contributed by atoms with Gasteiger partial charge in [0.05, 0.1) is 16.7 Å². The summed E-state index contributed by atoms with van der Waals surface area (Å²) < 4.78 is 19.7. The normalized spacial score (nSPS) is 30.1. The van der Waals surface area contributed by atoms with Gasteiger partial charge in [-0.05, 0) is 18.9 Å². The third-order valence-corrected chi connectivity index (χ3v) is 4.80. The van der Waals surface area contributed by atoms with Gasteiger partial charge in [-0.15, -0.1) is 0 Å². The number of ether oxygens (including phenoxy) is 1. The highest BCUT2D eigenvalue weighted by Crippen LogP contribution is 2.52. The number of hydrogen-bond acceptors (Lipinski definition) is 4. The van der Waals surface area contributed by atoms with E-state index in [1.165, 1.54) is 12.1 Å². The number of halogens is 1. The molecule has 5 nitrogen and oxygen atoms in total. The van der Waals surface area contributed by atoms with E-state index < -0.39 is 10.7 Å². The SMILES string of the molecule is CC1(C)C(Nc2cc([N+](=O)[O-])ccc2F)C2CCCOC21. The maximum Gasteiger partial charge on any atom is 0.271 e. The quantitative estimate of drug-likeness (QED) is 0.686. The Labute approximate surface area is 122 Å². The monoisotopic (exact) mass is 294 g/mol. The molecule has 0 bridgehead atoms. The van der Waals surface area contributed by atoms with Crippen molar-refractivity contribution in [2.75, 3.05) is 11.9 Å². The molecule has 1 saturated heterocycles. The summed E-state index contributed by atoms with van der Waals surface area (Å²) in [6, 6.07) is 3.65. The van der Waals surface area contributed by atoms with Crippen molar-refractivity contribution in [2.45, 2.75) is 38.8 Å². The van der Waals surface area contributed by atoms with Gasteiger partial charge in [-0.25, -0.2) is 4.39 Å². The minimum absolute atomic E-state index is 0.0688. The van der Waals surface area contributed by atoms with Crippen molar-refractivity contribution in [1.82, 2.24) is 0 Å². The van der Waals surface area contributed by atoms with E-state index in [1.54, 1.807) is 0 Å². The van der Waals surface area contributed by atoms with Crippen molar-refractivity contribution < 1.29 is 14.1 Å². The van der Waals surface area contributed by atoms with Crippen LogP contribution < -0.4 is 5.32 Å². The summed E-state index contributed by atoms with van der Waals surface area (Å²) in [6.45, 7) is 4.96. The van der Waals surface area contributed by atoms with Crippen LogP contribution in [-0.2, 0) is 4.74 Å². The number of anilines is 1. The van der Waals surface area contributed by atoms with Crippen molar-refractivity contribution in [2.24, 2.45) is 11.3 Å². The number of nitro groups is 1. The molecule has 6 heteroatoms. The molecular weight excluding hydrogens is 275 g/mol. The van der Waals surface area contributed by atoms with Crippen molar-refractivity contribution in [3.8, 4) is 0 Å². The first-order valence-electron chi connectivity index (χ1n) is 7.23. The summed E-state index contributed by atoms with van der Waals surface area (Å²) in [6.07, 6.45) is 2.24. The van der Waals surface area contributed by atoms with Crippen LogP contribution in [0.5, 0.6) is 0 Å². The Morgan fingerprint density at radius 1 is 1.48 bits per heavy atom. The highest BCUT2D eigenvalue weighted by atomic mass is 19.1. The minimum Gasteiger partial charge on any atom is -0.379 e. The summed E-state index contributed by atoms with van der Waals surface area (Å²) in [5.74, 6) is -0.121. The van der Waals surface area contributed by atoms with E-state index in [2.05, 4.69) is 19.2 Å². The lowest BCUT2D eigenvalue weighted by atomic mass is 9.55. The van der Waals surface area contributed by atoms with Crippen LogP contribution in [0.3, 0.4) is 0 Å². The Morgan fingerprint density at radius 3 is 2.95 bits per heavy atom. The van der Waals surface area contributed by atoms with E-state index >= 15 is 0 Å². The van der Waals surface area contributed by atoms with Crippen molar-refractivity contribution in [3.63, 3.8) is 0 Å². The van der Waals surface area contributed by atoms with Gasteiger partial charge in [0.2, 0.25) is 0 Å². The fourth-order valence-corrected chi connectivity index (χ4v) is 3.72. The van der Waals surface area contributed by atoms with Crippen LogP contribution in [0.2, 0.25) is 0 Å². The highest BCUT2D eigenvalue weighted by Gasteiger charge is 2.58. The van der Waals surface area contributed by atoms with Crippen molar-refractivity contribution >= 4 is 11.4 Å². The molecule has 1 aliphatic heterocycles. The fourth-order valence-electron chi connectivity index (χ4n) is 3.72. The van der Waals surface area contributed by atoms with Gasteiger partial charge < -0.3 is 10.1 Å². The van der Waals surface area contributed by atoms with Crippen molar-refractivity contribution in [1.29, 1.82) is 0 Å². The highest BCUT2D eigenvalue weighted by molar-refractivity contribution is 5.54. The smallest absolute Gasteiger partial charge is 0.271 e. The molecule has 1 heterocycles. The predicted octanol–water partition coefficient (Wildman–Crippen LogP) is 3.35. The number of rotatable bonds is 3. The molecule has 21 heavy (non-hydrogen) atoms. The fraction of sp³-hybridized carbons (Fsp3) is 0.600. The number of nitro benzene ring substituents is 1. The number of fused-ring (bicyclic) bond motifs is 1. The zero-order valence-corrected chi connectivity index (χ0v) is 12.1. The Morgan fingerprint density at radius 2 is 2.24 bits per heavy atom. The standard InChI is InChI=1S/C15H19FN2O3/c1-15(2)13(10-4-3-7-21-14(10)15)17-12-8-9(18(19)20)5-6-11(12)16/h5-6,8,10,13-14,17H,3-4,7H2,1-2H3. The summed E-state index contributed by atoms with van der Waals surface area (Å²) >= 11 is 0. The van der Waals surface area contributed by atoms with Crippen LogP contribution in [0.4, 0.5) is 15.8 Å². The molecule has 1 aromatic carbocycles. The molecule has 1 saturated carbocycles. The van der Waals surface area contributed by atoms with Gasteiger partial charge in [0.15, 0.2) is 0 Å². The molecule has 0 radical (unpaired) electrons. The van der Waals surface area contributed by atoms with Crippen LogP contribution in [0.1, 0.15) is 26.7 Å². The molecule has 0 amide bonds. The third kappa shape index (κ3) is 2.27. The van der Waals surface area contributed by atoms with E-state index in [4.69, 9.17) is 4.74 Å². The first-order valence-corrected chi connectivity index (χ1v) is 7.23. The Bertz CT molecular complexity index is 576. The van der Waals surface area contributed by atoms with E-state index in [9.17, 15) is 14.5 Å². The summed E-state index contributed by atoms with van der Waals surface area (Å²) in [4.78, 5) is 10.3. The Kier molecular flexibility index (Phi) is 3.36. The number of non-ortho nitro benzene ring substituents is 1. The van der Waals surface area contributed by atoms with Gasteiger partial charge in [0.1, 0.15) is 5.82 Å². The molecule has 3 atom stereocenters. The zero-order chi connectivity index (χ0) is 15.2. The molecule has 2 fully saturated rings. The van der Waals surface area contributed by atoms with E-state index in [-0.39, 0.29) is 28.9 Å². The summed E-state index contributed by atoms with van der Waals surface area (Å²) in [7, 11) is 0. The molecule has 114 valence electrons. The predicted molar refractivity (Wildman–Crippen MR) is 76.7 cm³/mol. The molecular formula is C15H19FN2O3. The lowest BCUT2D eigenvalue weighted by Crippen LogP contribution is -2.67. The van der Waals surface area contributed by atoms with E-state index in [0.29, 0.717) is 5.92 Å². The van der Waals surface area contributed by atoms with Crippen LogP contribution in [0.25, 0.3) is 0 Å². The Balaban J connectivity index is 1.83. The van der Waals surface area contributed by atoms with Gasteiger partial charge in [0, 0.05) is 36.1 Å². The minimum atomic E-state index is -0.511. The van der Waals surface area contributed by atoms with Crippen LogP contribution in [0, 0.1) is 27.3 Å². The average molecular weight is 294 g/mol. The zero-order valence-electron chi connectivity index (χ0n) is 12.1. The maximum absolute atomic E-state index is 13.9. The molecule has 2 aliphatic rings. The lowest BCUT2D eigenvalue weighted by molar-refractivity contribution is -0.384. The van der Waals surface area contributed by atoms with Crippen LogP contribution in [-0.4, -0.2) is 23.7 Å². The molecule has 0 aromatic heterocycles. The van der Waals surface area contributed by atoms with Gasteiger partial charge in [0.25, 0.3) is 5.69 Å². The van der Waals surface area contributed by atoms with Crippen LogP contribution in [0.15, 0.2) is 18.2 Å². The molecule has 0 spiro atoms. The number of benzene rings is 1. The van der Waals surface area contributed by atoms with Crippen LogP contribution >= 0.6 is 0 Å². The second kappa shape index (κ2) is 4.94. The summed E-state index contributed by atoms with van der Waals surface area (Å²) in [5.41, 5.74) is -0.0129. The molecule has 3 unspecified atom stereocenters. The lowest BCUT2D eigenvalue weighted by Gasteiger charge is -2.60. The topological polar surface area (TPSA) is 64.4 Å². The first-order chi connectivity index (χ1) is 9.91. The largest absolute Gasteiger partial charge is 0.379 e. The molecule has 1 aromatic rings. The van der Waals surface area contributed by atoms with Crippen molar-refractivity contribution in [3.05, 3.63) is 34.1 Å². The van der Waals surface area contributed by atoms with Gasteiger partial charge in [-0.1, -0.05) is 13.8 Å². The number of hydrogen-bond donors (Lipinski definition) is 1. The van der Waals surface area contributed by atoms with Gasteiger partial charge >= 0.3 is 0 Å². The first kappa shape index (κ1) is 14.3. The second-order valence-corrected chi connectivity index (χ2v) is 6.46. The molecule has 3 rings (SSSR count). The number of nitrogens with one attached hydrogen (secondary N) is 1. The summed E-state index contributed by atoms with van der Waals surface area (Å²) in [5, 5.41) is 14.0. The molecule has 1 aliphatic carbocycles. The maximum atomic E-state index is 13.9.